The topological polar surface area (TPSA) is 152 Å². The third kappa shape index (κ3) is 4.89. The van der Waals surface area contributed by atoms with Crippen molar-refractivity contribution in [1.82, 2.24) is 0 Å². The van der Waals surface area contributed by atoms with Gasteiger partial charge in [-0.25, -0.2) is 16.8 Å². The normalized spacial score (nSPS) is 11.4. The van der Waals surface area contributed by atoms with Crippen LogP contribution in [0.5, 0.6) is 0 Å². The van der Waals surface area contributed by atoms with E-state index < -0.39 is 30.0 Å². The second-order valence-electron chi connectivity index (χ2n) is 3.91. The molecule has 8 nitrogen and oxygen atoms in total. The van der Waals surface area contributed by atoms with Gasteiger partial charge in [0.05, 0.1) is 9.79 Å². The summed E-state index contributed by atoms with van der Waals surface area (Å²) in [5.74, 6) is 5.18. The molecule has 3 N–H and O–H groups in total. The first-order valence-corrected chi connectivity index (χ1v) is 7.91. The third-order valence-electron chi connectivity index (χ3n) is 2.61. The summed E-state index contributed by atoms with van der Waals surface area (Å²) < 4.78 is 66.6. The quantitative estimate of drug-likeness (QED) is 0.237. The van der Waals surface area contributed by atoms with Gasteiger partial charge in [-0.1, -0.05) is 6.07 Å². The molecule has 0 aliphatic heterocycles. The van der Waals surface area contributed by atoms with Crippen LogP contribution in [0.15, 0.2) is 40.1 Å². The molecule has 0 saturated carbocycles. The van der Waals surface area contributed by atoms with Crippen molar-refractivity contribution in [2.75, 3.05) is 5.43 Å². The Balaban J connectivity index is 0.00000220. The van der Waals surface area contributed by atoms with Crippen molar-refractivity contribution in [2.24, 2.45) is 5.84 Å². The molecule has 0 atom stereocenters. The largest absolute Gasteiger partial charge is 1.00 e. The number of hydrogen-bond acceptors (Lipinski definition) is 8. The Morgan fingerprint density at radius 2 is 1.50 bits per heavy atom. The first-order chi connectivity index (χ1) is 9.13. The van der Waals surface area contributed by atoms with E-state index in [4.69, 9.17) is 5.84 Å². The Morgan fingerprint density at radius 3 is 1.95 bits per heavy atom. The van der Waals surface area contributed by atoms with Gasteiger partial charge in [0, 0.05) is 5.69 Å². The van der Waals surface area contributed by atoms with Crippen molar-refractivity contribution in [3.8, 4) is 0 Å². The number of nitrogens with two attached hydrogens (primary N) is 1. The van der Waals surface area contributed by atoms with Crippen LogP contribution in [0.2, 0.25) is 0 Å². The first-order valence-electron chi connectivity index (χ1n) is 5.09. The van der Waals surface area contributed by atoms with E-state index in [1.807, 2.05) is 0 Å². The van der Waals surface area contributed by atoms with Crippen LogP contribution in [0.4, 0.5) is 5.69 Å². The number of anilines is 1. The zero-order valence-corrected chi connectivity index (χ0v) is 17.4. The number of benzene rings is 2. The van der Waals surface area contributed by atoms with E-state index in [9.17, 15) is 25.9 Å². The molecule has 22 heavy (non-hydrogen) atoms. The maximum absolute atomic E-state index is 11.2. The van der Waals surface area contributed by atoms with Gasteiger partial charge >= 0.3 is 59.1 Å². The number of rotatable bonds is 3. The van der Waals surface area contributed by atoms with E-state index in [1.165, 1.54) is 18.2 Å². The van der Waals surface area contributed by atoms with Crippen LogP contribution < -0.4 is 70.4 Å². The van der Waals surface area contributed by atoms with Gasteiger partial charge in [0.1, 0.15) is 20.2 Å². The van der Waals surface area contributed by atoms with Crippen molar-refractivity contribution in [1.29, 1.82) is 0 Å². The Labute approximate surface area is 171 Å². The molecule has 2 aromatic rings. The summed E-state index contributed by atoms with van der Waals surface area (Å²) in [5.41, 5.74) is 2.63. The third-order valence-corrected chi connectivity index (χ3v) is 4.30. The molecule has 0 fully saturated rings. The number of nitrogen functional groups attached to an aromatic ring is 1. The fourth-order valence-electron chi connectivity index (χ4n) is 1.75. The number of fused-ring (bicyclic) bond motifs is 1. The summed E-state index contributed by atoms with van der Waals surface area (Å²) >= 11 is 0. The molecule has 0 radical (unpaired) electrons. The molecule has 0 unspecified atom stereocenters. The summed E-state index contributed by atoms with van der Waals surface area (Å²) in [5, 5.41) is 0.0956. The molecule has 0 bridgehead atoms. The second kappa shape index (κ2) is 7.90. The molecule has 0 heterocycles. The summed E-state index contributed by atoms with van der Waals surface area (Å²) in [6, 6.07) is 5.55. The van der Waals surface area contributed by atoms with Crippen LogP contribution in [0.25, 0.3) is 10.8 Å². The molecule has 2 aromatic carbocycles. The van der Waals surface area contributed by atoms with Crippen molar-refractivity contribution >= 4 is 36.7 Å². The number of hydrazine groups is 1. The minimum atomic E-state index is -4.94. The first kappa shape index (κ1) is 22.3. The molecule has 2 rings (SSSR count). The standard InChI is InChI=1S/C10H10N2O6S2.2Na/c11-12-7-1-2-9-6(3-7)4-8(19(13,14)15)5-10(9)20(16,17)18;;/h1-5,12H,11H2,(H,13,14,15)(H,16,17,18);;/q;2*+1/p-2. The predicted molar refractivity (Wildman–Crippen MR) is 67.7 cm³/mol. The molecule has 0 spiro atoms. The summed E-state index contributed by atoms with van der Waals surface area (Å²) in [6.45, 7) is 0. The average Bonchev–Trinajstić information content (AvgIpc) is 2.34. The smallest absolute Gasteiger partial charge is 0.744 e. The van der Waals surface area contributed by atoms with E-state index in [2.05, 4.69) is 5.43 Å². The minimum absolute atomic E-state index is 0. The van der Waals surface area contributed by atoms with Gasteiger partial charge in [-0.15, -0.1) is 0 Å². The van der Waals surface area contributed by atoms with E-state index in [0.29, 0.717) is 11.8 Å². The van der Waals surface area contributed by atoms with Gasteiger partial charge in [0.2, 0.25) is 0 Å². The van der Waals surface area contributed by atoms with Crippen LogP contribution in [0, 0.1) is 0 Å². The molecule has 0 aromatic heterocycles. The van der Waals surface area contributed by atoms with E-state index in [0.717, 1.165) is 6.07 Å². The van der Waals surface area contributed by atoms with Gasteiger partial charge in [0.15, 0.2) is 0 Å². The van der Waals surface area contributed by atoms with Crippen LogP contribution in [-0.2, 0) is 20.2 Å². The van der Waals surface area contributed by atoms with Crippen LogP contribution in [0.3, 0.4) is 0 Å². The Hall–Kier alpha value is 0.280. The minimum Gasteiger partial charge on any atom is -0.744 e. The maximum Gasteiger partial charge on any atom is 1.00 e. The molecular weight excluding hydrogens is 354 g/mol. The molecule has 108 valence electrons. The van der Waals surface area contributed by atoms with Gasteiger partial charge in [-0.05, 0) is 35.0 Å². The van der Waals surface area contributed by atoms with Crippen LogP contribution in [-0.4, -0.2) is 25.9 Å². The number of hydrogen-bond donors (Lipinski definition) is 2. The maximum atomic E-state index is 11.2. The van der Waals surface area contributed by atoms with Crippen molar-refractivity contribution in [2.45, 2.75) is 9.79 Å². The number of nitrogens with one attached hydrogen (secondary N) is 1. The predicted octanol–water partition coefficient (Wildman–Crippen LogP) is -6.06. The second-order valence-corrected chi connectivity index (χ2v) is 6.64. The Bertz CT molecular complexity index is 899. The molecule has 0 saturated heterocycles. The van der Waals surface area contributed by atoms with E-state index in [1.54, 1.807) is 0 Å². The molecule has 12 heteroatoms. The summed E-state index contributed by atoms with van der Waals surface area (Å²) in [7, 11) is -9.84. The zero-order chi connectivity index (χ0) is 15.1. The van der Waals surface area contributed by atoms with Gasteiger partial charge < -0.3 is 14.5 Å². The van der Waals surface area contributed by atoms with Gasteiger partial charge in [0.25, 0.3) is 0 Å². The van der Waals surface area contributed by atoms with Crippen molar-refractivity contribution in [3.63, 3.8) is 0 Å². The van der Waals surface area contributed by atoms with Gasteiger partial charge in [-0.2, -0.15) is 0 Å². The molecular formula is C10H8N2Na2O6S2. The van der Waals surface area contributed by atoms with E-state index in [-0.39, 0.29) is 69.9 Å². The van der Waals surface area contributed by atoms with Gasteiger partial charge in [-0.3, -0.25) is 5.84 Å². The Kier molecular flexibility index (Phi) is 8.00. The fourth-order valence-corrected chi connectivity index (χ4v) is 3.08. The Morgan fingerprint density at radius 1 is 0.909 bits per heavy atom. The van der Waals surface area contributed by atoms with Crippen molar-refractivity contribution in [3.05, 3.63) is 30.3 Å². The average molecular weight is 362 g/mol. The summed E-state index contributed by atoms with van der Waals surface area (Å²) in [4.78, 5) is -1.57. The van der Waals surface area contributed by atoms with Crippen LogP contribution >= 0.6 is 0 Å². The van der Waals surface area contributed by atoms with Crippen molar-refractivity contribution < 1.29 is 85.1 Å². The monoisotopic (exact) mass is 362 g/mol. The molecule has 0 aliphatic carbocycles. The molecule has 0 amide bonds. The zero-order valence-electron chi connectivity index (χ0n) is 11.7. The fraction of sp³-hybridized carbons (Fsp3) is 0. The van der Waals surface area contributed by atoms with E-state index >= 15 is 0 Å². The SMILES string of the molecule is NNc1ccc2c(S(=O)(=O)[O-])cc(S(=O)(=O)[O-])cc2c1.[Na+].[Na+]. The molecule has 0 aliphatic rings. The summed E-state index contributed by atoms with van der Waals surface area (Å²) in [6.07, 6.45) is 0. The van der Waals surface area contributed by atoms with Crippen LogP contribution in [0.1, 0.15) is 0 Å².